The van der Waals surface area contributed by atoms with Crippen molar-refractivity contribution in [2.75, 3.05) is 18.1 Å². The maximum absolute atomic E-state index is 11.1. The summed E-state index contributed by atoms with van der Waals surface area (Å²) in [4.78, 5) is 11.1. The summed E-state index contributed by atoms with van der Waals surface area (Å²) in [7, 11) is 0. The Labute approximate surface area is 90.1 Å². The van der Waals surface area contributed by atoms with Gasteiger partial charge in [0.1, 0.15) is 6.04 Å². The SMILES string of the molecule is CCOC(=O)[C@@H](N)CSCC=C(C)C. The van der Waals surface area contributed by atoms with Crippen LogP contribution in [0.15, 0.2) is 11.6 Å². The van der Waals surface area contributed by atoms with Crippen LogP contribution in [0.25, 0.3) is 0 Å². The normalized spacial score (nSPS) is 12.0. The van der Waals surface area contributed by atoms with E-state index in [9.17, 15) is 4.79 Å². The van der Waals surface area contributed by atoms with Gasteiger partial charge in [-0.05, 0) is 20.8 Å². The zero-order valence-electron chi connectivity index (χ0n) is 9.08. The second kappa shape index (κ2) is 7.88. The summed E-state index contributed by atoms with van der Waals surface area (Å²) in [5.74, 6) is 1.20. The number of rotatable bonds is 6. The topological polar surface area (TPSA) is 52.3 Å². The molecule has 0 aliphatic carbocycles. The number of carbonyl (C=O) groups is 1. The summed E-state index contributed by atoms with van der Waals surface area (Å²) < 4.78 is 4.79. The molecule has 0 saturated heterocycles. The van der Waals surface area contributed by atoms with E-state index in [1.165, 1.54) is 5.57 Å². The Hall–Kier alpha value is -0.480. The zero-order valence-corrected chi connectivity index (χ0v) is 9.89. The predicted octanol–water partition coefficient (Wildman–Crippen LogP) is 1.58. The molecule has 0 aliphatic heterocycles. The lowest BCUT2D eigenvalue weighted by atomic mass is 10.3. The Bertz CT molecular complexity index is 200. The molecule has 0 fully saturated rings. The van der Waals surface area contributed by atoms with Crippen LogP contribution in [0.1, 0.15) is 20.8 Å². The molecular weight excluding hydrogens is 198 g/mol. The summed E-state index contributed by atoms with van der Waals surface area (Å²) in [5, 5.41) is 0. The maximum Gasteiger partial charge on any atom is 0.323 e. The van der Waals surface area contributed by atoms with Crippen LogP contribution in [0, 0.1) is 0 Å². The molecule has 0 heterocycles. The fourth-order valence-electron chi connectivity index (χ4n) is 0.738. The van der Waals surface area contributed by atoms with Crippen molar-refractivity contribution in [2.24, 2.45) is 5.73 Å². The number of hydrogen-bond donors (Lipinski definition) is 1. The Morgan fingerprint density at radius 3 is 2.71 bits per heavy atom. The minimum absolute atomic E-state index is 0.308. The van der Waals surface area contributed by atoms with Gasteiger partial charge in [-0.3, -0.25) is 4.79 Å². The molecule has 0 rings (SSSR count). The molecule has 0 saturated carbocycles. The van der Waals surface area contributed by atoms with Gasteiger partial charge >= 0.3 is 5.97 Å². The van der Waals surface area contributed by atoms with Gasteiger partial charge in [-0.2, -0.15) is 11.8 Å². The van der Waals surface area contributed by atoms with Gasteiger partial charge in [-0.15, -0.1) is 0 Å². The summed E-state index contributed by atoms with van der Waals surface area (Å²) in [6.45, 7) is 6.27. The van der Waals surface area contributed by atoms with Crippen LogP contribution in [-0.4, -0.2) is 30.1 Å². The van der Waals surface area contributed by atoms with Crippen molar-refractivity contribution in [2.45, 2.75) is 26.8 Å². The van der Waals surface area contributed by atoms with Crippen molar-refractivity contribution in [3.05, 3.63) is 11.6 Å². The Morgan fingerprint density at radius 2 is 2.21 bits per heavy atom. The molecule has 3 nitrogen and oxygen atoms in total. The first-order chi connectivity index (χ1) is 6.57. The molecule has 0 aliphatic rings. The highest BCUT2D eigenvalue weighted by Crippen LogP contribution is 2.04. The Balaban J connectivity index is 3.58. The van der Waals surface area contributed by atoms with Crippen LogP contribution in [0.2, 0.25) is 0 Å². The third-order valence-corrected chi connectivity index (χ3v) is 2.49. The van der Waals surface area contributed by atoms with Crippen LogP contribution in [0.3, 0.4) is 0 Å². The van der Waals surface area contributed by atoms with E-state index in [-0.39, 0.29) is 5.97 Å². The number of carbonyl (C=O) groups excluding carboxylic acids is 1. The van der Waals surface area contributed by atoms with E-state index in [0.29, 0.717) is 12.4 Å². The summed E-state index contributed by atoms with van der Waals surface area (Å²) in [6, 6.07) is -0.495. The molecule has 0 unspecified atom stereocenters. The van der Waals surface area contributed by atoms with E-state index in [1.807, 2.05) is 13.8 Å². The van der Waals surface area contributed by atoms with Gasteiger partial charge < -0.3 is 10.5 Å². The van der Waals surface area contributed by atoms with Crippen LogP contribution in [0.5, 0.6) is 0 Å². The molecule has 0 radical (unpaired) electrons. The quantitative estimate of drug-likeness (QED) is 0.417. The molecule has 1 atom stereocenters. The smallest absolute Gasteiger partial charge is 0.323 e. The van der Waals surface area contributed by atoms with E-state index in [2.05, 4.69) is 6.08 Å². The van der Waals surface area contributed by atoms with Gasteiger partial charge in [0.2, 0.25) is 0 Å². The van der Waals surface area contributed by atoms with Gasteiger partial charge in [0, 0.05) is 11.5 Å². The lowest BCUT2D eigenvalue weighted by Crippen LogP contribution is -2.34. The first kappa shape index (κ1) is 13.5. The average Bonchev–Trinajstić information content (AvgIpc) is 2.12. The fourth-order valence-corrected chi connectivity index (χ4v) is 1.72. The van der Waals surface area contributed by atoms with Crippen molar-refractivity contribution in [1.82, 2.24) is 0 Å². The number of hydrogen-bond acceptors (Lipinski definition) is 4. The minimum atomic E-state index is -0.495. The molecular formula is C10H19NO2S. The molecule has 0 bridgehead atoms. The standard InChI is InChI=1S/C10H19NO2S/c1-4-13-10(12)9(11)7-14-6-5-8(2)3/h5,9H,4,6-7,11H2,1-3H3/t9-/m0/s1. The van der Waals surface area contributed by atoms with E-state index < -0.39 is 6.04 Å². The molecule has 0 aromatic carbocycles. The van der Waals surface area contributed by atoms with Crippen molar-refractivity contribution in [3.8, 4) is 0 Å². The van der Waals surface area contributed by atoms with Gasteiger partial charge in [-0.25, -0.2) is 0 Å². The predicted molar refractivity (Wildman–Crippen MR) is 61.4 cm³/mol. The van der Waals surface area contributed by atoms with Crippen LogP contribution < -0.4 is 5.73 Å². The lowest BCUT2D eigenvalue weighted by molar-refractivity contribution is -0.144. The molecule has 2 N–H and O–H groups in total. The van der Waals surface area contributed by atoms with Gasteiger partial charge in [-0.1, -0.05) is 11.6 Å². The summed E-state index contributed by atoms with van der Waals surface area (Å²) >= 11 is 1.64. The molecule has 0 spiro atoms. The molecule has 0 aromatic heterocycles. The molecule has 4 heteroatoms. The van der Waals surface area contributed by atoms with Gasteiger partial charge in [0.25, 0.3) is 0 Å². The Kier molecular flexibility index (Phi) is 7.61. The summed E-state index contributed by atoms with van der Waals surface area (Å²) in [6.07, 6.45) is 2.11. The van der Waals surface area contributed by atoms with E-state index in [4.69, 9.17) is 10.5 Å². The highest BCUT2D eigenvalue weighted by Gasteiger charge is 2.13. The highest BCUT2D eigenvalue weighted by atomic mass is 32.2. The number of esters is 1. The van der Waals surface area contributed by atoms with Crippen molar-refractivity contribution < 1.29 is 9.53 Å². The molecule has 0 aromatic rings. The van der Waals surface area contributed by atoms with Crippen LogP contribution in [-0.2, 0) is 9.53 Å². The number of allylic oxidation sites excluding steroid dienone is 1. The molecule has 14 heavy (non-hydrogen) atoms. The fraction of sp³-hybridized carbons (Fsp3) is 0.700. The third kappa shape index (κ3) is 6.97. The van der Waals surface area contributed by atoms with E-state index in [1.54, 1.807) is 18.7 Å². The van der Waals surface area contributed by atoms with Crippen LogP contribution >= 0.6 is 11.8 Å². The number of ether oxygens (including phenoxy) is 1. The second-order valence-corrected chi connectivity index (χ2v) is 4.25. The van der Waals surface area contributed by atoms with Crippen molar-refractivity contribution in [1.29, 1.82) is 0 Å². The highest BCUT2D eigenvalue weighted by molar-refractivity contribution is 7.99. The molecule has 82 valence electrons. The van der Waals surface area contributed by atoms with Crippen molar-refractivity contribution >= 4 is 17.7 Å². The van der Waals surface area contributed by atoms with E-state index in [0.717, 1.165) is 5.75 Å². The first-order valence-corrected chi connectivity index (χ1v) is 5.86. The molecule has 0 amide bonds. The van der Waals surface area contributed by atoms with E-state index >= 15 is 0 Å². The van der Waals surface area contributed by atoms with Crippen molar-refractivity contribution in [3.63, 3.8) is 0 Å². The largest absolute Gasteiger partial charge is 0.465 e. The van der Waals surface area contributed by atoms with Crippen LogP contribution in [0.4, 0.5) is 0 Å². The Morgan fingerprint density at radius 1 is 1.57 bits per heavy atom. The minimum Gasteiger partial charge on any atom is -0.465 e. The van der Waals surface area contributed by atoms with Gasteiger partial charge in [0.05, 0.1) is 6.61 Å². The second-order valence-electron chi connectivity index (χ2n) is 3.18. The average molecular weight is 217 g/mol. The zero-order chi connectivity index (χ0) is 11.0. The maximum atomic E-state index is 11.1. The first-order valence-electron chi connectivity index (χ1n) is 4.71. The monoisotopic (exact) mass is 217 g/mol. The van der Waals surface area contributed by atoms with Gasteiger partial charge in [0.15, 0.2) is 0 Å². The lowest BCUT2D eigenvalue weighted by Gasteiger charge is -2.08. The third-order valence-electron chi connectivity index (χ3n) is 1.50. The number of nitrogens with two attached hydrogens (primary N) is 1. The number of thioether (sulfide) groups is 1. The summed E-state index contributed by atoms with van der Waals surface area (Å²) in [5.41, 5.74) is 6.88.